The van der Waals surface area contributed by atoms with Crippen molar-refractivity contribution in [3.63, 3.8) is 0 Å². The Labute approximate surface area is 141 Å². The molecule has 1 rings (SSSR count). The first-order valence-corrected chi connectivity index (χ1v) is 8.08. The zero-order valence-corrected chi connectivity index (χ0v) is 14.9. The summed E-state index contributed by atoms with van der Waals surface area (Å²) in [6, 6.07) is 4.00. The Morgan fingerprint density at radius 2 is 2.36 bits per heavy atom. The average molecular weight is 364 g/mol. The quantitative estimate of drug-likeness (QED) is 0.701. The lowest BCUT2D eigenvalue weighted by Crippen LogP contribution is -2.21. The van der Waals surface area contributed by atoms with Crippen LogP contribution in [-0.4, -0.2) is 18.1 Å². The van der Waals surface area contributed by atoms with Gasteiger partial charge in [0.15, 0.2) is 0 Å². The Morgan fingerprint density at radius 1 is 1.64 bits per heavy atom. The molecular weight excluding hydrogens is 342 g/mol. The van der Waals surface area contributed by atoms with Crippen LogP contribution in [0.3, 0.4) is 0 Å². The van der Waals surface area contributed by atoms with E-state index in [1.807, 2.05) is 32.9 Å². The Kier molecular flexibility index (Phi) is 7.86. The van der Waals surface area contributed by atoms with Gasteiger partial charge in [0.05, 0.1) is 12.3 Å². The van der Waals surface area contributed by atoms with E-state index in [1.165, 1.54) is 0 Å². The second-order valence-corrected chi connectivity index (χ2v) is 5.67. The van der Waals surface area contributed by atoms with E-state index in [2.05, 4.69) is 38.9 Å². The van der Waals surface area contributed by atoms with Crippen LogP contribution in [0.4, 0.5) is 0 Å². The van der Waals surface area contributed by atoms with Crippen molar-refractivity contribution in [2.24, 2.45) is 0 Å². The molecule has 0 radical (unpaired) electrons. The molecule has 1 aromatic heterocycles. The number of halogens is 1. The minimum absolute atomic E-state index is 0.0733. The molecule has 0 amide bonds. The minimum Gasteiger partial charge on any atom is -0.492 e. The van der Waals surface area contributed by atoms with Crippen molar-refractivity contribution in [1.29, 1.82) is 5.26 Å². The monoisotopic (exact) mass is 363 g/mol. The first-order chi connectivity index (χ1) is 10.5. The van der Waals surface area contributed by atoms with E-state index in [0.29, 0.717) is 17.9 Å². The van der Waals surface area contributed by atoms with Crippen molar-refractivity contribution in [2.45, 2.75) is 33.2 Å². The lowest BCUT2D eigenvalue weighted by molar-refractivity contribution is 0.337. The second kappa shape index (κ2) is 9.39. The van der Waals surface area contributed by atoms with Crippen LogP contribution in [0, 0.1) is 11.3 Å². The van der Waals surface area contributed by atoms with Crippen LogP contribution in [0.2, 0.25) is 0 Å². The van der Waals surface area contributed by atoms with Gasteiger partial charge in [0, 0.05) is 22.8 Å². The van der Waals surface area contributed by atoms with Gasteiger partial charge >= 0.3 is 0 Å². The van der Waals surface area contributed by atoms with Gasteiger partial charge < -0.3 is 10.1 Å². The van der Waals surface area contributed by atoms with Gasteiger partial charge in [-0.05, 0) is 39.3 Å². The highest BCUT2D eigenvalue weighted by atomic mass is 79.9. The van der Waals surface area contributed by atoms with E-state index >= 15 is 0 Å². The molecular formula is C17H22BrN3O. The highest BCUT2D eigenvalue weighted by Gasteiger charge is 2.11. The molecule has 0 spiro atoms. The Hall–Kier alpha value is -1.64. The van der Waals surface area contributed by atoms with Crippen molar-refractivity contribution < 1.29 is 4.74 Å². The summed E-state index contributed by atoms with van der Waals surface area (Å²) in [5.41, 5.74) is 2.38. The second-order valence-electron chi connectivity index (χ2n) is 4.82. The summed E-state index contributed by atoms with van der Waals surface area (Å²) in [6.45, 7) is 11.3. The van der Waals surface area contributed by atoms with Gasteiger partial charge in [-0.1, -0.05) is 28.6 Å². The van der Waals surface area contributed by atoms with Crippen LogP contribution in [-0.2, 0) is 0 Å². The van der Waals surface area contributed by atoms with Crippen LogP contribution in [0.25, 0.3) is 0 Å². The number of nitriles is 1. The van der Waals surface area contributed by atoms with Crippen molar-refractivity contribution in [1.82, 2.24) is 10.3 Å². The number of pyridine rings is 1. The summed E-state index contributed by atoms with van der Waals surface area (Å²) < 4.78 is 6.53. The maximum atomic E-state index is 9.05. The molecule has 1 aromatic rings. The number of rotatable bonds is 8. The summed E-state index contributed by atoms with van der Waals surface area (Å²) >= 11 is 3.47. The van der Waals surface area contributed by atoms with E-state index in [4.69, 9.17) is 10.00 Å². The summed E-state index contributed by atoms with van der Waals surface area (Å²) in [4.78, 5) is 4.33. The van der Waals surface area contributed by atoms with E-state index in [0.717, 1.165) is 28.7 Å². The van der Waals surface area contributed by atoms with E-state index < -0.39 is 0 Å². The van der Waals surface area contributed by atoms with Gasteiger partial charge in [-0.15, -0.1) is 0 Å². The molecule has 1 atom stereocenters. The van der Waals surface area contributed by atoms with Gasteiger partial charge in [0.2, 0.25) is 0 Å². The summed E-state index contributed by atoms with van der Waals surface area (Å²) in [6.07, 6.45) is 4.40. The highest BCUT2D eigenvalue weighted by Crippen LogP contribution is 2.22. The normalized spacial score (nSPS) is 12.6. The van der Waals surface area contributed by atoms with Gasteiger partial charge in [-0.3, -0.25) is 4.98 Å². The fourth-order valence-corrected chi connectivity index (χ4v) is 2.11. The van der Waals surface area contributed by atoms with Crippen LogP contribution in [0.5, 0.6) is 5.75 Å². The van der Waals surface area contributed by atoms with Crippen LogP contribution in [0.1, 0.15) is 44.5 Å². The molecule has 0 fully saturated rings. The Bertz CT molecular complexity index is 590. The third-order valence-corrected chi connectivity index (χ3v) is 4.24. The SMILES string of the molecule is C=C(CCNC(C)c1cc(OCC)c(C#N)cn1)/C(Br)=C\C. The number of nitrogens with one attached hydrogen (secondary N) is 1. The molecule has 4 nitrogen and oxygen atoms in total. The molecule has 0 bridgehead atoms. The van der Waals surface area contributed by atoms with E-state index in [-0.39, 0.29) is 6.04 Å². The zero-order valence-electron chi connectivity index (χ0n) is 13.3. The Morgan fingerprint density at radius 3 is 2.95 bits per heavy atom. The maximum absolute atomic E-state index is 9.05. The molecule has 0 aliphatic rings. The molecule has 0 aliphatic carbocycles. The predicted octanol–water partition coefficient (Wildman–Crippen LogP) is 4.25. The van der Waals surface area contributed by atoms with Crippen molar-refractivity contribution in [3.05, 3.63) is 46.2 Å². The minimum atomic E-state index is 0.0733. The van der Waals surface area contributed by atoms with E-state index in [9.17, 15) is 0 Å². The molecule has 0 saturated heterocycles. The third kappa shape index (κ3) is 5.28. The van der Waals surface area contributed by atoms with Crippen LogP contribution >= 0.6 is 15.9 Å². The number of allylic oxidation sites excluding steroid dienone is 2. The molecule has 0 aromatic carbocycles. The number of ether oxygens (including phenoxy) is 1. The van der Waals surface area contributed by atoms with Gasteiger partial charge in [-0.25, -0.2) is 0 Å². The number of aromatic nitrogens is 1. The lowest BCUT2D eigenvalue weighted by Gasteiger charge is -2.15. The molecule has 0 aliphatic heterocycles. The molecule has 0 saturated carbocycles. The summed E-state index contributed by atoms with van der Waals surface area (Å²) in [5, 5.41) is 12.5. The first-order valence-electron chi connectivity index (χ1n) is 7.29. The zero-order chi connectivity index (χ0) is 16.5. The number of nitrogens with zero attached hydrogens (tertiary/aromatic N) is 2. The fraction of sp³-hybridized carbons (Fsp3) is 0.412. The topological polar surface area (TPSA) is 57.9 Å². The van der Waals surface area contributed by atoms with Crippen molar-refractivity contribution >= 4 is 15.9 Å². The van der Waals surface area contributed by atoms with Crippen LogP contribution < -0.4 is 10.1 Å². The van der Waals surface area contributed by atoms with E-state index in [1.54, 1.807) is 6.20 Å². The molecule has 5 heteroatoms. The first kappa shape index (κ1) is 18.4. The van der Waals surface area contributed by atoms with Crippen molar-refractivity contribution in [3.8, 4) is 11.8 Å². The molecule has 22 heavy (non-hydrogen) atoms. The third-order valence-electron chi connectivity index (χ3n) is 3.22. The summed E-state index contributed by atoms with van der Waals surface area (Å²) in [7, 11) is 0. The smallest absolute Gasteiger partial charge is 0.140 e. The number of hydrogen-bond acceptors (Lipinski definition) is 4. The fourth-order valence-electron chi connectivity index (χ4n) is 1.92. The maximum Gasteiger partial charge on any atom is 0.140 e. The predicted molar refractivity (Wildman–Crippen MR) is 93.0 cm³/mol. The molecule has 1 unspecified atom stereocenters. The van der Waals surface area contributed by atoms with Gasteiger partial charge in [0.1, 0.15) is 17.4 Å². The molecule has 1 heterocycles. The van der Waals surface area contributed by atoms with Gasteiger partial charge in [0.25, 0.3) is 0 Å². The summed E-state index contributed by atoms with van der Waals surface area (Å²) in [5.74, 6) is 0.588. The van der Waals surface area contributed by atoms with Crippen molar-refractivity contribution in [2.75, 3.05) is 13.2 Å². The van der Waals surface area contributed by atoms with Crippen LogP contribution in [0.15, 0.2) is 35.0 Å². The largest absolute Gasteiger partial charge is 0.492 e. The average Bonchev–Trinajstić information content (AvgIpc) is 2.53. The number of hydrogen-bond donors (Lipinski definition) is 1. The standard InChI is InChI=1S/C17H22BrN3O/c1-5-15(18)12(3)7-8-20-13(4)16-9-17(22-6-2)14(10-19)11-21-16/h5,9,11,13,20H,3,6-8H2,1-2,4H3/b15-5+. The van der Waals surface area contributed by atoms with Gasteiger partial charge in [-0.2, -0.15) is 5.26 Å². The highest BCUT2D eigenvalue weighted by molar-refractivity contribution is 9.12. The molecule has 118 valence electrons. The lowest BCUT2D eigenvalue weighted by atomic mass is 10.1. The molecule has 1 N–H and O–H groups in total. The Balaban J connectivity index is 2.66.